The molecule has 1 atom stereocenters. The van der Waals surface area contributed by atoms with E-state index in [4.69, 9.17) is 10.6 Å². The van der Waals surface area contributed by atoms with E-state index < -0.39 is 0 Å². The number of hydrazine groups is 1. The molecule has 1 aromatic rings. The third-order valence-electron chi connectivity index (χ3n) is 2.46. The summed E-state index contributed by atoms with van der Waals surface area (Å²) in [4.78, 5) is 0. The average Bonchev–Trinajstić information content (AvgIpc) is 2.31. The third kappa shape index (κ3) is 4.26. The van der Waals surface area contributed by atoms with Crippen LogP contribution in [0.1, 0.15) is 31.4 Å². The molecule has 0 spiro atoms. The lowest BCUT2D eigenvalue weighted by atomic mass is 10.0. The van der Waals surface area contributed by atoms with Crippen LogP contribution >= 0.6 is 0 Å². The standard InChI is InChI=1S/C12H19FN2O/c1-2-16-9-3-4-12(15-14)10-5-7-11(13)8-6-10/h5-8,12,15H,2-4,9,14H2,1H3. The Kier molecular flexibility index (Phi) is 6.00. The molecule has 0 amide bonds. The third-order valence-corrected chi connectivity index (χ3v) is 2.46. The van der Waals surface area contributed by atoms with Gasteiger partial charge in [0.2, 0.25) is 0 Å². The summed E-state index contributed by atoms with van der Waals surface area (Å²) in [6.45, 7) is 3.44. The molecule has 0 saturated heterocycles. The number of halogens is 1. The van der Waals surface area contributed by atoms with Gasteiger partial charge in [0, 0.05) is 19.3 Å². The molecule has 0 saturated carbocycles. The molecule has 3 N–H and O–H groups in total. The molecule has 0 aromatic heterocycles. The van der Waals surface area contributed by atoms with Crippen molar-refractivity contribution in [2.75, 3.05) is 13.2 Å². The van der Waals surface area contributed by atoms with Gasteiger partial charge in [-0.15, -0.1) is 0 Å². The van der Waals surface area contributed by atoms with Gasteiger partial charge < -0.3 is 4.74 Å². The Bertz CT molecular complexity index is 290. The topological polar surface area (TPSA) is 47.3 Å². The first-order chi connectivity index (χ1) is 7.77. The number of hydrogen-bond acceptors (Lipinski definition) is 3. The highest BCUT2D eigenvalue weighted by Gasteiger charge is 2.08. The maximum absolute atomic E-state index is 12.7. The van der Waals surface area contributed by atoms with Crippen molar-refractivity contribution in [1.29, 1.82) is 0 Å². The first kappa shape index (κ1) is 13.1. The van der Waals surface area contributed by atoms with Crippen LogP contribution in [0.5, 0.6) is 0 Å². The summed E-state index contributed by atoms with van der Waals surface area (Å²) in [7, 11) is 0. The Labute approximate surface area is 95.8 Å². The molecule has 0 fully saturated rings. The molecule has 0 radical (unpaired) electrons. The van der Waals surface area contributed by atoms with Crippen LogP contribution in [0.2, 0.25) is 0 Å². The van der Waals surface area contributed by atoms with Crippen molar-refractivity contribution in [3.8, 4) is 0 Å². The summed E-state index contributed by atoms with van der Waals surface area (Å²) in [5, 5.41) is 0. The summed E-state index contributed by atoms with van der Waals surface area (Å²) < 4.78 is 18.0. The molecule has 90 valence electrons. The van der Waals surface area contributed by atoms with Gasteiger partial charge in [0.25, 0.3) is 0 Å². The Morgan fingerprint density at radius 1 is 1.38 bits per heavy atom. The van der Waals surface area contributed by atoms with Gasteiger partial charge in [-0.25, -0.2) is 4.39 Å². The second-order valence-electron chi connectivity index (χ2n) is 3.61. The zero-order valence-electron chi connectivity index (χ0n) is 9.58. The van der Waals surface area contributed by atoms with Crippen molar-refractivity contribution in [2.45, 2.75) is 25.8 Å². The van der Waals surface area contributed by atoms with Crippen LogP contribution in [-0.4, -0.2) is 13.2 Å². The van der Waals surface area contributed by atoms with E-state index >= 15 is 0 Å². The van der Waals surface area contributed by atoms with E-state index in [1.807, 2.05) is 6.92 Å². The highest BCUT2D eigenvalue weighted by molar-refractivity contribution is 5.19. The van der Waals surface area contributed by atoms with Gasteiger partial charge in [0.05, 0.1) is 0 Å². The molecule has 16 heavy (non-hydrogen) atoms. The van der Waals surface area contributed by atoms with E-state index in [9.17, 15) is 4.39 Å². The summed E-state index contributed by atoms with van der Waals surface area (Å²) in [5.41, 5.74) is 3.74. The molecule has 0 aliphatic rings. The minimum atomic E-state index is -0.228. The van der Waals surface area contributed by atoms with Gasteiger partial charge in [-0.2, -0.15) is 0 Å². The Morgan fingerprint density at radius 2 is 2.06 bits per heavy atom. The van der Waals surface area contributed by atoms with Crippen LogP contribution < -0.4 is 11.3 Å². The molecule has 1 aromatic carbocycles. The van der Waals surface area contributed by atoms with Gasteiger partial charge >= 0.3 is 0 Å². The lowest BCUT2D eigenvalue weighted by Crippen LogP contribution is -2.28. The molecule has 0 bridgehead atoms. The lowest BCUT2D eigenvalue weighted by Gasteiger charge is -2.16. The Balaban J connectivity index is 2.44. The molecule has 0 aliphatic carbocycles. The van der Waals surface area contributed by atoms with Crippen molar-refractivity contribution in [2.24, 2.45) is 5.84 Å². The molecular formula is C12H19FN2O. The highest BCUT2D eigenvalue weighted by Crippen LogP contribution is 2.17. The number of rotatable bonds is 7. The van der Waals surface area contributed by atoms with E-state index in [0.29, 0.717) is 0 Å². The first-order valence-corrected chi connectivity index (χ1v) is 5.57. The van der Waals surface area contributed by atoms with E-state index in [1.165, 1.54) is 12.1 Å². The van der Waals surface area contributed by atoms with E-state index in [2.05, 4.69) is 5.43 Å². The Hall–Kier alpha value is -0.970. The SMILES string of the molecule is CCOCCCC(NN)c1ccc(F)cc1. The fourth-order valence-electron chi connectivity index (χ4n) is 1.58. The summed E-state index contributed by atoms with van der Waals surface area (Å²) in [5.74, 6) is 5.25. The van der Waals surface area contributed by atoms with Crippen molar-refractivity contribution in [3.05, 3.63) is 35.6 Å². The zero-order chi connectivity index (χ0) is 11.8. The van der Waals surface area contributed by atoms with Crippen LogP contribution in [0.25, 0.3) is 0 Å². The van der Waals surface area contributed by atoms with Crippen molar-refractivity contribution < 1.29 is 9.13 Å². The predicted molar refractivity (Wildman–Crippen MR) is 62.2 cm³/mol. The fraction of sp³-hybridized carbons (Fsp3) is 0.500. The number of benzene rings is 1. The monoisotopic (exact) mass is 226 g/mol. The normalized spacial score (nSPS) is 12.7. The molecule has 3 nitrogen and oxygen atoms in total. The van der Waals surface area contributed by atoms with Gasteiger partial charge in [0.15, 0.2) is 0 Å². The molecule has 1 rings (SSSR count). The summed E-state index contributed by atoms with van der Waals surface area (Å²) in [6.07, 6.45) is 1.81. The Morgan fingerprint density at radius 3 is 2.62 bits per heavy atom. The molecule has 1 unspecified atom stereocenters. The summed E-state index contributed by atoms with van der Waals surface area (Å²) in [6, 6.07) is 6.45. The van der Waals surface area contributed by atoms with Crippen LogP contribution in [0.4, 0.5) is 4.39 Å². The van der Waals surface area contributed by atoms with Crippen molar-refractivity contribution in [3.63, 3.8) is 0 Å². The second kappa shape index (κ2) is 7.33. The maximum atomic E-state index is 12.7. The van der Waals surface area contributed by atoms with Gasteiger partial charge in [-0.3, -0.25) is 11.3 Å². The minimum absolute atomic E-state index is 0.0565. The van der Waals surface area contributed by atoms with E-state index in [-0.39, 0.29) is 11.9 Å². The van der Waals surface area contributed by atoms with Crippen molar-refractivity contribution in [1.82, 2.24) is 5.43 Å². The maximum Gasteiger partial charge on any atom is 0.123 e. The van der Waals surface area contributed by atoms with Crippen LogP contribution in [0.3, 0.4) is 0 Å². The summed E-state index contributed by atoms with van der Waals surface area (Å²) >= 11 is 0. The first-order valence-electron chi connectivity index (χ1n) is 5.57. The largest absolute Gasteiger partial charge is 0.382 e. The number of hydrogen-bond donors (Lipinski definition) is 2. The fourth-order valence-corrected chi connectivity index (χ4v) is 1.58. The second-order valence-corrected chi connectivity index (χ2v) is 3.61. The smallest absolute Gasteiger partial charge is 0.123 e. The van der Waals surface area contributed by atoms with Crippen LogP contribution in [0, 0.1) is 5.82 Å². The molecule has 4 heteroatoms. The van der Waals surface area contributed by atoms with E-state index in [0.717, 1.165) is 31.6 Å². The highest BCUT2D eigenvalue weighted by atomic mass is 19.1. The molecular weight excluding hydrogens is 207 g/mol. The van der Waals surface area contributed by atoms with Crippen molar-refractivity contribution >= 4 is 0 Å². The average molecular weight is 226 g/mol. The van der Waals surface area contributed by atoms with Crippen LogP contribution in [0.15, 0.2) is 24.3 Å². The molecule has 0 aliphatic heterocycles. The minimum Gasteiger partial charge on any atom is -0.382 e. The quantitative estimate of drug-likeness (QED) is 0.425. The van der Waals surface area contributed by atoms with Gasteiger partial charge in [-0.05, 0) is 37.5 Å². The zero-order valence-corrected chi connectivity index (χ0v) is 9.58. The van der Waals surface area contributed by atoms with Crippen LogP contribution in [-0.2, 0) is 4.74 Å². The molecule has 0 heterocycles. The van der Waals surface area contributed by atoms with Gasteiger partial charge in [0.1, 0.15) is 5.82 Å². The lowest BCUT2D eigenvalue weighted by molar-refractivity contribution is 0.141. The van der Waals surface area contributed by atoms with E-state index in [1.54, 1.807) is 12.1 Å². The number of nitrogens with one attached hydrogen (secondary N) is 1. The predicted octanol–water partition coefficient (Wildman–Crippen LogP) is 2.15. The van der Waals surface area contributed by atoms with Gasteiger partial charge in [-0.1, -0.05) is 12.1 Å². The number of nitrogens with two attached hydrogens (primary N) is 1. The number of ether oxygens (including phenoxy) is 1.